The van der Waals surface area contributed by atoms with Gasteiger partial charge in [0, 0.05) is 18.7 Å². The van der Waals surface area contributed by atoms with Crippen molar-refractivity contribution in [2.75, 3.05) is 20.2 Å². The van der Waals surface area contributed by atoms with Crippen LogP contribution in [0, 0.1) is 6.92 Å². The molecule has 1 aliphatic rings. The zero-order chi connectivity index (χ0) is 18.1. The van der Waals surface area contributed by atoms with Crippen molar-refractivity contribution in [3.8, 4) is 17.3 Å². The van der Waals surface area contributed by atoms with Gasteiger partial charge in [0.2, 0.25) is 0 Å². The van der Waals surface area contributed by atoms with Crippen LogP contribution >= 0.6 is 0 Å². The van der Waals surface area contributed by atoms with Gasteiger partial charge < -0.3 is 14.2 Å². The lowest BCUT2D eigenvalue weighted by atomic mass is 10.2. The van der Waals surface area contributed by atoms with Crippen LogP contribution in [-0.4, -0.2) is 56.1 Å². The Morgan fingerprint density at radius 1 is 1.31 bits per heavy atom. The molecular weight excluding hydrogens is 336 g/mol. The number of ether oxygens (including phenoxy) is 1. The molecule has 0 N–H and O–H groups in total. The molecule has 4 rings (SSSR count). The third-order valence-corrected chi connectivity index (χ3v) is 4.42. The van der Waals surface area contributed by atoms with Crippen LogP contribution in [0.25, 0.3) is 11.6 Å². The number of rotatable bonds is 4. The minimum atomic E-state index is 0.00279. The fourth-order valence-electron chi connectivity index (χ4n) is 3.01. The number of aryl methyl sites for hydroxylation is 1. The molecule has 26 heavy (non-hydrogen) atoms. The summed E-state index contributed by atoms with van der Waals surface area (Å²) in [5, 5.41) is 12.0. The summed E-state index contributed by atoms with van der Waals surface area (Å²) in [6, 6.07) is 7.20. The summed E-state index contributed by atoms with van der Waals surface area (Å²) in [6.45, 7) is 3.00. The van der Waals surface area contributed by atoms with Crippen molar-refractivity contribution >= 4 is 5.91 Å². The van der Waals surface area contributed by atoms with E-state index in [2.05, 4.69) is 20.5 Å². The maximum absolute atomic E-state index is 12.7. The Hall–Kier alpha value is -3.23. The van der Waals surface area contributed by atoms with Gasteiger partial charge in [0.25, 0.3) is 11.8 Å². The molecule has 9 nitrogen and oxygen atoms in total. The normalized spacial score (nSPS) is 16.8. The van der Waals surface area contributed by atoms with Gasteiger partial charge >= 0.3 is 0 Å². The maximum Gasteiger partial charge on any atom is 0.280 e. The largest absolute Gasteiger partial charge is 0.497 e. The van der Waals surface area contributed by atoms with E-state index in [1.807, 2.05) is 4.90 Å². The molecule has 3 heterocycles. The van der Waals surface area contributed by atoms with Crippen molar-refractivity contribution < 1.29 is 14.1 Å². The Morgan fingerprint density at radius 3 is 2.81 bits per heavy atom. The molecule has 9 heteroatoms. The molecule has 1 amide bonds. The SMILES string of the molecule is COc1ccc(C(=O)N2CCC(n3cc(-c4nc(C)no4)nn3)C2)cc1. The highest BCUT2D eigenvalue weighted by Gasteiger charge is 2.29. The van der Waals surface area contributed by atoms with E-state index >= 15 is 0 Å². The highest BCUT2D eigenvalue weighted by Crippen LogP contribution is 2.24. The number of benzene rings is 1. The second kappa shape index (κ2) is 6.58. The third kappa shape index (κ3) is 3.03. The van der Waals surface area contributed by atoms with Crippen molar-refractivity contribution in [2.24, 2.45) is 0 Å². The number of amides is 1. The molecule has 0 saturated carbocycles. The molecule has 1 aromatic carbocycles. The first kappa shape index (κ1) is 16.2. The molecular formula is C17H18N6O3. The summed E-state index contributed by atoms with van der Waals surface area (Å²) < 4.78 is 12.0. The van der Waals surface area contributed by atoms with E-state index in [1.54, 1.807) is 49.2 Å². The van der Waals surface area contributed by atoms with E-state index in [0.717, 1.165) is 12.2 Å². The lowest BCUT2D eigenvalue weighted by Gasteiger charge is -2.16. The van der Waals surface area contributed by atoms with Gasteiger partial charge in [-0.15, -0.1) is 5.10 Å². The smallest absolute Gasteiger partial charge is 0.280 e. The molecule has 0 aliphatic carbocycles. The molecule has 2 aromatic heterocycles. The second-order valence-corrected chi connectivity index (χ2v) is 6.15. The van der Waals surface area contributed by atoms with Crippen molar-refractivity contribution in [3.05, 3.63) is 41.9 Å². The van der Waals surface area contributed by atoms with Crippen LogP contribution in [0.15, 0.2) is 35.0 Å². The standard InChI is InChI=1S/C17H18N6O3/c1-11-18-16(26-20-11)15-10-23(21-19-15)13-7-8-22(9-13)17(24)12-3-5-14(25-2)6-4-12/h3-6,10,13H,7-9H2,1-2H3. The van der Waals surface area contributed by atoms with Gasteiger partial charge in [0.15, 0.2) is 11.5 Å². The molecule has 1 saturated heterocycles. The van der Waals surface area contributed by atoms with Gasteiger partial charge in [0.1, 0.15) is 5.75 Å². The van der Waals surface area contributed by atoms with Crippen molar-refractivity contribution in [1.29, 1.82) is 0 Å². The molecule has 1 aliphatic heterocycles. The van der Waals surface area contributed by atoms with Crippen LogP contribution in [0.4, 0.5) is 0 Å². The van der Waals surface area contributed by atoms with Crippen molar-refractivity contribution in [3.63, 3.8) is 0 Å². The monoisotopic (exact) mass is 354 g/mol. The van der Waals surface area contributed by atoms with Crippen LogP contribution < -0.4 is 4.74 Å². The van der Waals surface area contributed by atoms with Crippen LogP contribution in [0.5, 0.6) is 5.75 Å². The molecule has 0 spiro atoms. The maximum atomic E-state index is 12.7. The number of carbonyl (C=O) groups excluding carboxylic acids is 1. The molecule has 1 atom stereocenters. The predicted octanol–water partition coefficient (Wildman–Crippen LogP) is 1.73. The van der Waals surface area contributed by atoms with Gasteiger partial charge in [-0.2, -0.15) is 4.98 Å². The number of carbonyl (C=O) groups is 1. The van der Waals surface area contributed by atoms with Gasteiger partial charge in [-0.3, -0.25) is 4.79 Å². The Morgan fingerprint density at radius 2 is 2.12 bits per heavy atom. The molecule has 0 radical (unpaired) electrons. The third-order valence-electron chi connectivity index (χ3n) is 4.42. The van der Waals surface area contributed by atoms with E-state index in [9.17, 15) is 4.79 Å². The molecule has 3 aromatic rings. The minimum Gasteiger partial charge on any atom is -0.497 e. The van der Waals surface area contributed by atoms with Crippen LogP contribution in [0.3, 0.4) is 0 Å². The summed E-state index contributed by atoms with van der Waals surface area (Å²) >= 11 is 0. The van der Waals surface area contributed by atoms with E-state index < -0.39 is 0 Å². The number of methoxy groups -OCH3 is 1. The summed E-state index contributed by atoms with van der Waals surface area (Å²) in [7, 11) is 1.60. The topological polar surface area (TPSA) is 99.2 Å². The number of nitrogens with zero attached hydrogens (tertiary/aromatic N) is 6. The van der Waals surface area contributed by atoms with E-state index in [0.29, 0.717) is 36.1 Å². The predicted molar refractivity (Wildman–Crippen MR) is 90.6 cm³/mol. The Balaban J connectivity index is 1.44. The number of likely N-dealkylation sites (tertiary alicyclic amines) is 1. The van der Waals surface area contributed by atoms with E-state index in [4.69, 9.17) is 9.26 Å². The quantitative estimate of drug-likeness (QED) is 0.703. The summed E-state index contributed by atoms with van der Waals surface area (Å²) in [6.07, 6.45) is 2.59. The second-order valence-electron chi connectivity index (χ2n) is 6.15. The van der Waals surface area contributed by atoms with Crippen LogP contribution in [0.1, 0.15) is 28.6 Å². The molecule has 1 fully saturated rings. The molecule has 1 unspecified atom stereocenters. The minimum absolute atomic E-state index is 0.00279. The summed E-state index contributed by atoms with van der Waals surface area (Å²) in [5.41, 5.74) is 1.18. The Bertz CT molecular complexity index is 917. The van der Waals surface area contributed by atoms with E-state index in [-0.39, 0.29) is 11.9 Å². The first-order chi connectivity index (χ1) is 12.6. The van der Waals surface area contributed by atoms with Gasteiger partial charge in [-0.1, -0.05) is 10.4 Å². The fourth-order valence-corrected chi connectivity index (χ4v) is 3.01. The van der Waals surface area contributed by atoms with Gasteiger partial charge in [-0.05, 0) is 37.6 Å². The van der Waals surface area contributed by atoms with Crippen LogP contribution in [0.2, 0.25) is 0 Å². The van der Waals surface area contributed by atoms with Crippen molar-refractivity contribution in [2.45, 2.75) is 19.4 Å². The summed E-state index contributed by atoms with van der Waals surface area (Å²) in [5.74, 6) is 1.62. The number of aromatic nitrogens is 5. The van der Waals surface area contributed by atoms with E-state index in [1.165, 1.54) is 0 Å². The van der Waals surface area contributed by atoms with Crippen LogP contribution in [-0.2, 0) is 0 Å². The Labute approximate surface area is 149 Å². The van der Waals surface area contributed by atoms with Gasteiger partial charge in [-0.25, -0.2) is 4.68 Å². The average Bonchev–Trinajstić information content (AvgIpc) is 3.40. The lowest BCUT2D eigenvalue weighted by Crippen LogP contribution is -2.29. The molecule has 134 valence electrons. The Kier molecular flexibility index (Phi) is 4.11. The lowest BCUT2D eigenvalue weighted by molar-refractivity contribution is 0.0787. The zero-order valence-electron chi connectivity index (χ0n) is 14.5. The average molecular weight is 354 g/mol. The highest BCUT2D eigenvalue weighted by molar-refractivity contribution is 5.94. The zero-order valence-corrected chi connectivity index (χ0v) is 14.5. The summed E-state index contributed by atoms with van der Waals surface area (Å²) in [4.78, 5) is 18.6. The van der Waals surface area contributed by atoms with Crippen molar-refractivity contribution in [1.82, 2.24) is 30.0 Å². The fraction of sp³-hybridized carbons (Fsp3) is 0.353. The number of hydrogen-bond donors (Lipinski definition) is 0. The highest BCUT2D eigenvalue weighted by atomic mass is 16.5. The number of hydrogen-bond acceptors (Lipinski definition) is 7. The van der Waals surface area contributed by atoms with Gasteiger partial charge in [0.05, 0.1) is 19.3 Å². The first-order valence-corrected chi connectivity index (χ1v) is 8.30. The molecule has 0 bridgehead atoms. The first-order valence-electron chi connectivity index (χ1n) is 8.30.